The molecule has 1 aromatic heterocycles. The van der Waals surface area contributed by atoms with Crippen LogP contribution in [0.4, 0.5) is 5.69 Å². The Balaban J connectivity index is 1.85. The average molecular weight is 353 g/mol. The summed E-state index contributed by atoms with van der Waals surface area (Å²) in [7, 11) is 1.27. The summed E-state index contributed by atoms with van der Waals surface area (Å²) in [5.74, 6) is -1.21. The number of esters is 1. The number of ether oxygens (including phenoxy) is 1. The largest absolute Gasteiger partial charge is 0.508 e. The number of carbonyl (C=O) groups excluding carboxylic acids is 2. The summed E-state index contributed by atoms with van der Waals surface area (Å²) >= 11 is 0. The highest BCUT2D eigenvalue weighted by Crippen LogP contribution is 2.36. The molecule has 0 saturated heterocycles. The van der Waals surface area contributed by atoms with E-state index in [1.807, 2.05) is 0 Å². The number of benzene rings is 2. The van der Waals surface area contributed by atoms with Crippen LogP contribution in [0.5, 0.6) is 11.6 Å². The molecule has 26 heavy (non-hydrogen) atoms. The quantitative estimate of drug-likeness (QED) is 0.491. The van der Waals surface area contributed by atoms with Gasteiger partial charge in [0.05, 0.1) is 24.6 Å². The van der Waals surface area contributed by atoms with E-state index in [-0.39, 0.29) is 29.3 Å². The number of amides is 1. The number of azo groups is 1. The smallest absolute Gasteiger partial charge is 0.337 e. The average Bonchev–Trinajstić information content (AvgIpc) is 2.95. The molecule has 0 radical (unpaired) electrons. The molecule has 0 fully saturated rings. The molecule has 0 saturated carbocycles. The van der Waals surface area contributed by atoms with Crippen LogP contribution < -0.4 is 0 Å². The SMILES string of the molecule is COC(=O)c1ccc2[nH]c(O)c(N=NC(=O)Cc3ccc(O)cc3)c2c1. The minimum absolute atomic E-state index is 0.000305. The Kier molecular flexibility index (Phi) is 4.66. The summed E-state index contributed by atoms with van der Waals surface area (Å²) in [5.41, 5.74) is 1.55. The third-order valence-electron chi connectivity index (χ3n) is 3.73. The van der Waals surface area contributed by atoms with E-state index in [9.17, 15) is 19.8 Å². The van der Waals surface area contributed by atoms with Gasteiger partial charge in [-0.25, -0.2) is 4.79 Å². The topological polar surface area (TPSA) is 124 Å². The van der Waals surface area contributed by atoms with Gasteiger partial charge in [-0.1, -0.05) is 12.1 Å². The van der Waals surface area contributed by atoms with E-state index in [1.165, 1.54) is 25.3 Å². The van der Waals surface area contributed by atoms with Crippen LogP contribution in [0.15, 0.2) is 52.7 Å². The fourth-order valence-corrected chi connectivity index (χ4v) is 2.44. The van der Waals surface area contributed by atoms with Crippen LogP contribution in [0.2, 0.25) is 0 Å². The van der Waals surface area contributed by atoms with Crippen LogP contribution in [-0.4, -0.2) is 34.2 Å². The maximum absolute atomic E-state index is 12.0. The zero-order valence-electron chi connectivity index (χ0n) is 13.8. The van der Waals surface area contributed by atoms with Crippen molar-refractivity contribution in [2.24, 2.45) is 10.2 Å². The minimum Gasteiger partial charge on any atom is -0.508 e. The number of hydrogen-bond acceptors (Lipinski definition) is 6. The molecule has 3 rings (SSSR count). The summed E-state index contributed by atoms with van der Waals surface area (Å²) in [6.07, 6.45) is 0.000305. The number of methoxy groups -OCH3 is 1. The van der Waals surface area contributed by atoms with E-state index in [1.54, 1.807) is 24.3 Å². The number of rotatable bonds is 4. The number of phenols is 1. The zero-order chi connectivity index (χ0) is 18.7. The van der Waals surface area contributed by atoms with Crippen LogP contribution in [0, 0.1) is 0 Å². The predicted molar refractivity (Wildman–Crippen MR) is 92.6 cm³/mol. The summed E-state index contributed by atoms with van der Waals surface area (Å²) in [5, 5.41) is 27.1. The second-order valence-corrected chi connectivity index (χ2v) is 5.51. The first-order valence-electron chi connectivity index (χ1n) is 7.63. The fraction of sp³-hybridized carbons (Fsp3) is 0.111. The lowest BCUT2D eigenvalue weighted by atomic mass is 10.1. The molecule has 3 aromatic rings. The first-order valence-corrected chi connectivity index (χ1v) is 7.63. The van der Waals surface area contributed by atoms with Crippen molar-refractivity contribution < 1.29 is 24.5 Å². The number of carbonyl (C=O) groups is 2. The number of aromatic hydroxyl groups is 2. The molecule has 1 heterocycles. The molecule has 0 spiro atoms. The molecular formula is C18H15N3O5. The molecule has 0 aliphatic carbocycles. The summed E-state index contributed by atoms with van der Waals surface area (Å²) in [6.45, 7) is 0. The Hall–Kier alpha value is -3.68. The number of hydrogen-bond donors (Lipinski definition) is 3. The molecular weight excluding hydrogens is 338 g/mol. The van der Waals surface area contributed by atoms with Gasteiger partial charge in [0, 0.05) is 5.39 Å². The van der Waals surface area contributed by atoms with E-state index >= 15 is 0 Å². The Morgan fingerprint density at radius 3 is 2.54 bits per heavy atom. The van der Waals surface area contributed by atoms with Crippen molar-refractivity contribution in [3.63, 3.8) is 0 Å². The van der Waals surface area contributed by atoms with E-state index in [0.29, 0.717) is 16.5 Å². The summed E-state index contributed by atoms with van der Waals surface area (Å²) < 4.78 is 4.67. The van der Waals surface area contributed by atoms with Crippen LogP contribution in [0.3, 0.4) is 0 Å². The molecule has 1 amide bonds. The van der Waals surface area contributed by atoms with Crippen molar-refractivity contribution in [2.45, 2.75) is 6.42 Å². The van der Waals surface area contributed by atoms with Crippen molar-refractivity contribution in [1.82, 2.24) is 4.98 Å². The van der Waals surface area contributed by atoms with Gasteiger partial charge >= 0.3 is 5.97 Å². The highest BCUT2D eigenvalue weighted by atomic mass is 16.5. The molecule has 0 bridgehead atoms. The number of fused-ring (bicyclic) bond motifs is 1. The molecule has 0 aliphatic rings. The highest BCUT2D eigenvalue weighted by molar-refractivity contribution is 6.00. The van der Waals surface area contributed by atoms with Crippen LogP contribution in [-0.2, 0) is 16.0 Å². The maximum Gasteiger partial charge on any atom is 0.337 e. The normalized spacial score (nSPS) is 11.1. The fourth-order valence-electron chi connectivity index (χ4n) is 2.44. The van der Waals surface area contributed by atoms with E-state index in [4.69, 9.17) is 0 Å². The Bertz CT molecular complexity index is 1010. The monoisotopic (exact) mass is 353 g/mol. The number of H-pyrrole nitrogens is 1. The van der Waals surface area contributed by atoms with Crippen molar-refractivity contribution in [3.05, 3.63) is 53.6 Å². The second-order valence-electron chi connectivity index (χ2n) is 5.51. The molecule has 0 atom stereocenters. The van der Waals surface area contributed by atoms with Crippen LogP contribution in [0.1, 0.15) is 15.9 Å². The standard InChI is InChI=1S/C18H15N3O5/c1-26-18(25)11-4-7-14-13(9-11)16(17(24)19-14)21-20-15(23)8-10-2-5-12(22)6-3-10/h2-7,9,19,22,24H,8H2,1H3. The van der Waals surface area contributed by atoms with Gasteiger partial charge in [-0.05, 0) is 35.9 Å². The minimum atomic E-state index is -0.529. The van der Waals surface area contributed by atoms with Gasteiger partial charge in [-0.3, -0.25) is 4.79 Å². The molecule has 0 unspecified atom stereocenters. The molecule has 2 aromatic carbocycles. The van der Waals surface area contributed by atoms with E-state index in [0.717, 1.165) is 0 Å². The van der Waals surface area contributed by atoms with Gasteiger partial charge in [0.2, 0.25) is 5.88 Å². The highest BCUT2D eigenvalue weighted by Gasteiger charge is 2.14. The van der Waals surface area contributed by atoms with Gasteiger partial charge in [0.25, 0.3) is 5.91 Å². The van der Waals surface area contributed by atoms with Gasteiger partial charge < -0.3 is 19.9 Å². The van der Waals surface area contributed by atoms with Gasteiger partial charge in [0.15, 0.2) is 5.69 Å². The zero-order valence-corrected chi connectivity index (χ0v) is 13.8. The Morgan fingerprint density at radius 1 is 1.12 bits per heavy atom. The van der Waals surface area contributed by atoms with Crippen molar-refractivity contribution >= 4 is 28.5 Å². The number of aromatic nitrogens is 1. The Morgan fingerprint density at radius 2 is 1.85 bits per heavy atom. The van der Waals surface area contributed by atoms with Gasteiger partial charge in [-0.2, -0.15) is 0 Å². The van der Waals surface area contributed by atoms with Gasteiger partial charge in [-0.15, -0.1) is 10.2 Å². The molecule has 8 nitrogen and oxygen atoms in total. The molecule has 132 valence electrons. The van der Waals surface area contributed by atoms with Crippen LogP contribution >= 0.6 is 0 Å². The molecule has 3 N–H and O–H groups in total. The predicted octanol–water partition coefficient (Wildman–Crippen LogP) is 3.22. The second kappa shape index (κ2) is 7.06. The number of nitrogens with zero attached hydrogens (tertiary/aromatic N) is 2. The summed E-state index contributed by atoms with van der Waals surface area (Å²) in [4.78, 5) is 26.3. The molecule has 8 heteroatoms. The Labute approximate surface area is 147 Å². The number of nitrogens with one attached hydrogen (secondary N) is 1. The van der Waals surface area contributed by atoms with Crippen LogP contribution in [0.25, 0.3) is 10.9 Å². The van der Waals surface area contributed by atoms with Crippen molar-refractivity contribution in [2.75, 3.05) is 7.11 Å². The molecule has 0 aliphatic heterocycles. The lowest BCUT2D eigenvalue weighted by molar-refractivity contribution is -0.117. The van der Waals surface area contributed by atoms with Gasteiger partial charge in [0.1, 0.15) is 5.75 Å². The third kappa shape index (κ3) is 3.54. The number of phenolic OH excluding ortho intramolecular Hbond substituents is 1. The van der Waals surface area contributed by atoms with E-state index < -0.39 is 11.9 Å². The van der Waals surface area contributed by atoms with Crippen molar-refractivity contribution in [1.29, 1.82) is 0 Å². The first-order chi connectivity index (χ1) is 12.5. The van der Waals surface area contributed by atoms with E-state index in [2.05, 4.69) is 19.9 Å². The maximum atomic E-state index is 12.0. The van der Waals surface area contributed by atoms with Crippen molar-refractivity contribution in [3.8, 4) is 11.6 Å². The lowest BCUT2D eigenvalue weighted by Gasteiger charge is -1.99. The summed E-state index contributed by atoms with van der Waals surface area (Å²) in [6, 6.07) is 10.8. The number of aromatic amines is 1. The third-order valence-corrected chi connectivity index (χ3v) is 3.73. The lowest BCUT2D eigenvalue weighted by Crippen LogP contribution is -2.00. The first kappa shape index (κ1) is 17.2.